The molecule has 0 aliphatic rings. The number of hydrogen-bond acceptors (Lipinski definition) is 1. The Balaban J connectivity index is 3.13. The number of halogens is 2. The summed E-state index contributed by atoms with van der Waals surface area (Å²) in [6.07, 6.45) is 1.22. The predicted octanol–water partition coefficient (Wildman–Crippen LogP) is 1.67. The van der Waals surface area contributed by atoms with Crippen LogP contribution in [0.15, 0.2) is 12.3 Å². The maximum absolute atomic E-state index is 12.1. The average Bonchev–Trinajstić information content (AvgIpc) is 1.77. The molecule has 0 saturated heterocycles. The lowest BCUT2D eigenvalue weighted by Gasteiger charge is -1.85. The molecule has 0 aromatic carbocycles. The molecule has 0 spiro atoms. The van der Waals surface area contributed by atoms with Gasteiger partial charge < -0.3 is 0 Å². The predicted molar refractivity (Wildman–Crippen MR) is 28.0 cm³/mol. The number of rotatable bonds is 0. The molecule has 1 radical (unpaired) electrons. The Morgan fingerprint density at radius 3 is 2.88 bits per heavy atom. The molecule has 3 heteroatoms. The molecule has 1 aromatic rings. The van der Waals surface area contributed by atoms with E-state index in [1.54, 1.807) is 0 Å². The van der Waals surface area contributed by atoms with E-state index >= 15 is 0 Å². The number of hydrogen-bond donors (Lipinski definition) is 0. The lowest BCUT2D eigenvalue weighted by molar-refractivity contribution is 0.584. The molecule has 41 valence electrons. The first-order valence-corrected chi connectivity index (χ1v) is 2.35. The third-order valence-electron chi connectivity index (χ3n) is 0.660. The van der Waals surface area contributed by atoms with Crippen LogP contribution < -0.4 is 0 Å². The molecule has 1 heterocycles. The van der Waals surface area contributed by atoms with E-state index in [-0.39, 0.29) is 5.02 Å². The summed E-state index contributed by atoms with van der Waals surface area (Å²) in [6, 6.07) is 3.84. The van der Waals surface area contributed by atoms with Crippen LogP contribution in [-0.2, 0) is 0 Å². The summed E-state index contributed by atoms with van der Waals surface area (Å²) in [5.41, 5.74) is 0. The van der Waals surface area contributed by atoms with Crippen LogP contribution in [0.3, 0.4) is 0 Å². The van der Waals surface area contributed by atoms with E-state index in [9.17, 15) is 4.39 Å². The highest BCUT2D eigenvalue weighted by Crippen LogP contribution is 2.07. The van der Waals surface area contributed by atoms with Crippen molar-refractivity contribution in [2.24, 2.45) is 0 Å². The van der Waals surface area contributed by atoms with E-state index in [1.165, 1.54) is 12.3 Å². The van der Waals surface area contributed by atoms with E-state index in [0.717, 1.165) is 0 Å². The van der Waals surface area contributed by atoms with Crippen LogP contribution in [0.2, 0.25) is 5.02 Å². The van der Waals surface area contributed by atoms with Crippen LogP contribution in [0, 0.1) is 12.0 Å². The van der Waals surface area contributed by atoms with Gasteiger partial charge in [0.05, 0.1) is 5.02 Å². The number of nitrogens with zero attached hydrogens (tertiary/aromatic N) is 1. The van der Waals surface area contributed by atoms with Crippen LogP contribution in [0.1, 0.15) is 0 Å². The van der Waals surface area contributed by atoms with Crippen molar-refractivity contribution < 1.29 is 4.39 Å². The van der Waals surface area contributed by atoms with Gasteiger partial charge in [0, 0.05) is 12.3 Å². The van der Waals surface area contributed by atoms with Crippen LogP contribution in [0.25, 0.3) is 0 Å². The van der Waals surface area contributed by atoms with Gasteiger partial charge in [-0.25, -0.2) is 4.98 Å². The molecular weight excluding hydrogens is 129 g/mol. The van der Waals surface area contributed by atoms with Crippen molar-refractivity contribution in [2.45, 2.75) is 0 Å². The Kier molecular flexibility index (Phi) is 1.44. The van der Waals surface area contributed by atoms with Crippen molar-refractivity contribution >= 4 is 11.6 Å². The van der Waals surface area contributed by atoms with Crippen molar-refractivity contribution in [1.29, 1.82) is 0 Å². The van der Waals surface area contributed by atoms with Crippen molar-refractivity contribution in [3.63, 3.8) is 0 Å². The van der Waals surface area contributed by atoms with Gasteiger partial charge in [-0.05, 0) is 6.07 Å². The number of aromatic nitrogens is 1. The molecule has 1 aromatic heterocycles. The standard InChI is InChI=1S/C5H2ClFN/c6-4-2-1-3-8-5(4)7/h2-3H. The zero-order valence-electron chi connectivity index (χ0n) is 3.86. The molecule has 0 aliphatic carbocycles. The molecule has 0 saturated carbocycles. The van der Waals surface area contributed by atoms with Gasteiger partial charge in [0.2, 0.25) is 5.95 Å². The second kappa shape index (κ2) is 2.09. The van der Waals surface area contributed by atoms with E-state index < -0.39 is 5.95 Å². The van der Waals surface area contributed by atoms with Crippen LogP contribution in [0.4, 0.5) is 4.39 Å². The first kappa shape index (κ1) is 5.51. The van der Waals surface area contributed by atoms with Crippen molar-refractivity contribution in [3.05, 3.63) is 29.3 Å². The van der Waals surface area contributed by atoms with Crippen molar-refractivity contribution in [2.75, 3.05) is 0 Å². The minimum absolute atomic E-state index is 0.00694. The van der Waals surface area contributed by atoms with Gasteiger partial charge in [-0.15, -0.1) is 0 Å². The number of pyridine rings is 1. The first-order valence-electron chi connectivity index (χ1n) is 1.98. The van der Waals surface area contributed by atoms with Crippen LogP contribution in [-0.4, -0.2) is 4.98 Å². The van der Waals surface area contributed by atoms with Gasteiger partial charge >= 0.3 is 0 Å². The van der Waals surface area contributed by atoms with Gasteiger partial charge in [-0.3, -0.25) is 0 Å². The highest BCUT2D eigenvalue weighted by molar-refractivity contribution is 6.30. The highest BCUT2D eigenvalue weighted by atomic mass is 35.5. The maximum Gasteiger partial charge on any atom is 0.231 e. The second-order valence-electron chi connectivity index (χ2n) is 1.21. The third kappa shape index (κ3) is 0.954. The minimum atomic E-state index is -0.648. The van der Waals surface area contributed by atoms with E-state index in [2.05, 4.69) is 11.1 Å². The monoisotopic (exact) mass is 130 g/mol. The fourth-order valence-corrected chi connectivity index (χ4v) is 0.437. The summed E-state index contributed by atoms with van der Waals surface area (Å²) >= 11 is 5.24. The smallest absolute Gasteiger partial charge is 0.226 e. The molecule has 1 rings (SSSR count). The van der Waals surface area contributed by atoms with Gasteiger partial charge in [0.1, 0.15) is 0 Å². The fourth-order valence-electron chi connectivity index (χ4n) is 0.326. The van der Waals surface area contributed by atoms with Gasteiger partial charge in [-0.2, -0.15) is 4.39 Å². The molecule has 0 unspecified atom stereocenters. The lowest BCUT2D eigenvalue weighted by Crippen LogP contribution is -1.79. The zero-order valence-corrected chi connectivity index (χ0v) is 4.61. The topological polar surface area (TPSA) is 12.9 Å². The molecule has 8 heavy (non-hydrogen) atoms. The van der Waals surface area contributed by atoms with E-state index in [0.29, 0.717) is 0 Å². The van der Waals surface area contributed by atoms with Crippen molar-refractivity contribution in [3.8, 4) is 0 Å². The average molecular weight is 131 g/mol. The Morgan fingerprint density at radius 2 is 2.50 bits per heavy atom. The maximum atomic E-state index is 12.1. The summed E-state index contributed by atoms with van der Waals surface area (Å²) in [6.45, 7) is 0. The van der Waals surface area contributed by atoms with Crippen LogP contribution in [0.5, 0.6) is 0 Å². The van der Waals surface area contributed by atoms with Gasteiger partial charge in [0.15, 0.2) is 0 Å². The molecule has 0 amide bonds. The Hall–Kier alpha value is -0.630. The SMILES string of the molecule is Fc1nc[c]cc1Cl. The largest absolute Gasteiger partial charge is 0.231 e. The normalized spacial score (nSPS) is 9.25. The molecule has 0 fully saturated rings. The summed E-state index contributed by atoms with van der Waals surface area (Å²) < 4.78 is 12.1. The quantitative estimate of drug-likeness (QED) is 0.487. The zero-order chi connectivity index (χ0) is 5.98. The van der Waals surface area contributed by atoms with Gasteiger partial charge in [-0.1, -0.05) is 11.6 Å². The Bertz CT molecular complexity index is 169. The van der Waals surface area contributed by atoms with E-state index in [1.807, 2.05) is 0 Å². The highest BCUT2D eigenvalue weighted by Gasteiger charge is 1.93. The molecule has 1 nitrogen and oxygen atoms in total. The molecular formula is C5H2ClFN. The fraction of sp³-hybridized carbons (Fsp3) is 0. The van der Waals surface area contributed by atoms with Crippen molar-refractivity contribution in [1.82, 2.24) is 4.98 Å². The summed E-state index contributed by atoms with van der Waals surface area (Å²) in [5.74, 6) is -0.648. The summed E-state index contributed by atoms with van der Waals surface area (Å²) in [7, 11) is 0. The molecule has 0 N–H and O–H groups in total. The lowest BCUT2D eigenvalue weighted by atomic mass is 10.5. The third-order valence-corrected chi connectivity index (χ3v) is 0.925. The van der Waals surface area contributed by atoms with Gasteiger partial charge in [0.25, 0.3) is 0 Å². The minimum Gasteiger partial charge on any atom is -0.226 e. The Labute approximate surface area is 51.1 Å². The summed E-state index contributed by atoms with van der Waals surface area (Å²) in [4.78, 5) is 3.22. The molecule has 0 aliphatic heterocycles. The second-order valence-corrected chi connectivity index (χ2v) is 1.62. The van der Waals surface area contributed by atoms with E-state index in [4.69, 9.17) is 11.6 Å². The molecule has 0 atom stereocenters. The molecule has 0 bridgehead atoms. The first-order chi connectivity index (χ1) is 3.80. The Morgan fingerprint density at radius 1 is 1.75 bits per heavy atom. The van der Waals surface area contributed by atoms with Crippen LogP contribution >= 0.6 is 11.6 Å². The summed E-state index contributed by atoms with van der Waals surface area (Å²) in [5, 5.41) is 0.00694.